The van der Waals surface area contributed by atoms with E-state index in [0.29, 0.717) is 22.4 Å². The fourth-order valence-electron chi connectivity index (χ4n) is 3.56. The first kappa shape index (κ1) is 16.1. The molecule has 2 fully saturated rings. The van der Waals surface area contributed by atoms with Gasteiger partial charge in [0.2, 0.25) is 0 Å². The fraction of sp³-hybridized carbons (Fsp3) is 0.500. The van der Waals surface area contributed by atoms with Crippen molar-refractivity contribution in [1.82, 2.24) is 15.3 Å². The SMILES string of the molecule is O=C(N[C@H]1CCO[C@@]2(CCSC2)C1)c1cc(F)cc2[nH]c(=S)[nH]c12. The summed E-state index contributed by atoms with van der Waals surface area (Å²) in [6.45, 7) is 0.649. The molecule has 2 aromatic rings. The van der Waals surface area contributed by atoms with Crippen molar-refractivity contribution in [3.8, 4) is 0 Å². The van der Waals surface area contributed by atoms with E-state index in [4.69, 9.17) is 17.0 Å². The van der Waals surface area contributed by atoms with Gasteiger partial charge in [-0.3, -0.25) is 4.79 Å². The number of aromatic nitrogens is 2. The molecule has 2 aliphatic heterocycles. The zero-order valence-electron chi connectivity index (χ0n) is 13.0. The normalized spacial score (nSPS) is 27.0. The van der Waals surface area contributed by atoms with Gasteiger partial charge >= 0.3 is 0 Å². The maximum atomic E-state index is 13.8. The van der Waals surface area contributed by atoms with E-state index in [9.17, 15) is 9.18 Å². The summed E-state index contributed by atoms with van der Waals surface area (Å²) in [7, 11) is 0. The zero-order chi connectivity index (χ0) is 16.7. The predicted octanol–water partition coefficient (Wildman–Crippen LogP) is 3.15. The fourth-order valence-corrected chi connectivity index (χ4v) is 5.15. The molecule has 1 aromatic heterocycles. The number of thioether (sulfide) groups is 1. The van der Waals surface area contributed by atoms with Gasteiger partial charge in [-0.15, -0.1) is 0 Å². The van der Waals surface area contributed by atoms with Crippen molar-refractivity contribution in [3.63, 3.8) is 0 Å². The van der Waals surface area contributed by atoms with E-state index in [1.54, 1.807) is 0 Å². The monoisotopic (exact) mass is 367 g/mol. The first-order valence-corrected chi connectivity index (χ1v) is 9.55. The number of carbonyl (C=O) groups excluding carboxylic acids is 1. The third-order valence-corrected chi connectivity index (χ3v) is 6.16. The Morgan fingerprint density at radius 3 is 3.12 bits per heavy atom. The predicted molar refractivity (Wildman–Crippen MR) is 94.6 cm³/mol. The van der Waals surface area contributed by atoms with Crippen LogP contribution >= 0.6 is 24.0 Å². The number of hydrogen-bond donors (Lipinski definition) is 3. The minimum atomic E-state index is -0.464. The highest BCUT2D eigenvalue weighted by Crippen LogP contribution is 2.38. The van der Waals surface area contributed by atoms with Crippen LogP contribution in [-0.4, -0.2) is 45.6 Å². The standard InChI is InChI=1S/C16H18FN3O2S2/c17-9-5-11(13-12(6-9)19-15(23)20-13)14(21)18-10-1-3-22-16(7-10)2-4-24-8-16/h5-6,10H,1-4,7-8H2,(H,18,21)(H2,19,20,23)/t10-,16-/m0/s1. The Hall–Kier alpha value is -1.38. The second-order valence-corrected chi connectivity index (χ2v) is 7.97. The van der Waals surface area contributed by atoms with Gasteiger partial charge in [-0.1, -0.05) is 0 Å². The third kappa shape index (κ3) is 2.98. The van der Waals surface area contributed by atoms with Crippen LogP contribution in [0.2, 0.25) is 0 Å². The van der Waals surface area contributed by atoms with Gasteiger partial charge in [0.25, 0.3) is 5.91 Å². The van der Waals surface area contributed by atoms with E-state index in [0.717, 1.165) is 30.8 Å². The smallest absolute Gasteiger partial charge is 0.253 e. The van der Waals surface area contributed by atoms with Crippen molar-refractivity contribution in [3.05, 3.63) is 28.3 Å². The zero-order valence-corrected chi connectivity index (χ0v) is 14.6. The van der Waals surface area contributed by atoms with Crippen LogP contribution in [0.4, 0.5) is 4.39 Å². The van der Waals surface area contributed by atoms with Gasteiger partial charge in [-0.2, -0.15) is 11.8 Å². The Labute approximate surface area is 147 Å². The highest BCUT2D eigenvalue weighted by atomic mass is 32.2. The molecule has 2 aliphatic rings. The molecule has 0 bridgehead atoms. The molecule has 0 unspecified atom stereocenters. The second kappa shape index (κ2) is 6.16. The first-order chi connectivity index (χ1) is 11.5. The average Bonchev–Trinajstić information content (AvgIpc) is 3.12. The third-order valence-electron chi connectivity index (χ3n) is 4.73. The van der Waals surface area contributed by atoms with Crippen molar-refractivity contribution in [1.29, 1.82) is 0 Å². The second-order valence-electron chi connectivity index (χ2n) is 6.45. The Bertz CT molecular complexity index is 841. The van der Waals surface area contributed by atoms with Crippen molar-refractivity contribution in [2.75, 3.05) is 18.1 Å². The van der Waals surface area contributed by atoms with E-state index in [1.807, 2.05) is 11.8 Å². The molecule has 3 heterocycles. The number of nitrogens with one attached hydrogen (secondary N) is 3. The van der Waals surface area contributed by atoms with Gasteiger partial charge in [0.05, 0.1) is 22.2 Å². The lowest BCUT2D eigenvalue weighted by Crippen LogP contribution is -2.48. The molecule has 8 heteroatoms. The van der Waals surface area contributed by atoms with Crippen LogP contribution in [0, 0.1) is 10.6 Å². The Balaban J connectivity index is 1.57. The summed E-state index contributed by atoms with van der Waals surface area (Å²) in [4.78, 5) is 18.5. The minimum Gasteiger partial charge on any atom is -0.374 e. The molecule has 128 valence electrons. The number of aromatic amines is 2. The Kier molecular flexibility index (Phi) is 4.14. The van der Waals surface area contributed by atoms with Gasteiger partial charge in [0.1, 0.15) is 5.82 Å². The minimum absolute atomic E-state index is 0.0465. The van der Waals surface area contributed by atoms with Crippen molar-refractivity contribution in [2.24, 2.45) is 0 Å². The van der Waals surface area contributed by atoms with Gasteiger partial charge < -0.3 is 20.0 Å². The maximum absolute atomic E-state index is 13.8. The van der Waals surface area contributed by atoms with Crippen LogP contribution in [-0.2, 0) is 4.74 Å². The number of H-pyrrole nitrogens is 2. The summed E-state index contributed by atoms with van der Waals surface area (Å²) in [6.07, 6.45) is 2.62. The summed E-state index contributed by atoms with van der Waals surface area (Å²) < 4.78 is 20.2. The number of ether oxygens (including phenoxy) is 1. The van der Waals surface area contributed by atoms with Gasteiger partial charge in [-0.25, -0.2) is 4.39 Å². The number of halogens is 1. The van der Waals surface area contributed by atoms with E-state index >= 15 is 0 Å². The largest absolute Gasteiger partial charge is 0.374 e. The van der Waals surface area contributed by atoms with Gasteiger partial charge in [-0.05, 0) is 49.4 Å². The molecule has 5 nitrogen and oxygen atoms in total. The molecule has 0 aliphatic carbocycles. The molecule has 1 aromatic carbocycles. The quantitative estimate of drug-likeness (QED) is 0.713. The summed E-state index contributed by atoms with van der Waals surface area (Å²) in [6, 6.07) is 2.62. The molecule has 2 atom stereocenters. The number of amides is 1. The summed E-state index contributed by atoms with van der Waals surface area (Å²) in [5.41, 5.74) is 1.21. The number of fused-ring (bicyclic) bond motifs is 1. The van der Waals surface area contributed by atoms with Crippen molar-refractivity contribution >= 4 is 40.9 Å². The average molecular weight is 367 g/mol. The van der Waals surface area contributed by atoms with Crippen molar-refractivity contribution in [2.45, 2.75) is 30.9 Å². The lowest BCUT2D eigenvalue weighted by molar-refractivity contribution is -0.0688. The van der Waals surface area contributed by atoms with Crippen LogP contribution in [0.5, 0.6) is 0 Å². The molecule has 3 N–H and O–H groups in total. The van der Waals surface area contributed by atoms with Crippen LogP contribution in [0.25, 0.3) is 11.0 Å². The number of carbonyl (C=O) groups is 1. The number of imidazole rings is 1. The number of benzene rings is 1. The topological polar surface area (TPSA) is 69.9 Å². The molecular weight excluding hydrogens is 349 g/mol. The molecule has 0 radical (unpaired) electrons. The lowest BCUT2D eigenvalue weighted by atomic mass is 9.89. The van der Waals surface area contributed by atoms with Gasteiger partial charge in [0, 0.05) is 18.4 Å². The number of hydrogen-bond acceptors (Lipinski definition) is 4. The molecule has 4 rings (SSSR count). The van der Waals surface area contributed by atoms with E-state index in [1.165, 1.54) is 12.1 Å². The van der Waals surface area contributed by atoms with Crippen LogP contribution in [0.15, 0.2) is 12.1 Å². The molecule has 24 heavy (non-hydrogen) atoms. The van der Waals surface area contributed by atoms with Crippen LogP contribution in [0.3, 0.4) is 0 Å². The Morgan fingerprint density at radius 2 is 2.33 bits per heavy atom. The molecule has 1 spiro atoms. The van der Waals surface area contributed by atoms with Crippen LogP contribution in [0.1, 0.15) is 29.6 Å². The molecule has 0 saturated carbocycles. The molecular formula is C16H18FN3O2S2. The summed E-state index contributed by atoms with van der Waals surface area (Å²) in [5.74, 6) is 1.34. The highest BCUT2D eigenvalue weighted by molar-refractivity contribution is 7.99. The Morgan fingerprint density at radius 1 is 1.46 bits per heavy atom. The molecule has 2 saturated heterocycles. The van der Waals surface area contributed by atoms with E-state index < -0.39 is 5.82 Å². The lowest BCUT2D eigenvalue weighted by Gasteiger charge is -2.38. The number of rotatable bonds is 2. The van der Waals surface area contributed by atoms with E-state index in [-0.39, 0.29) is 23.1 Å². The highest BCUT2D eigenvalue weighted by Gasteiger charge is 2.40. The summed E-state index contributed by atoms with van der Waals surface area (Å²) >= 11 is 6.94. The van der Waals surface area contributed by atoms with Crippen molar-refractivity contribution < 1.29 is 13.9 Å². The summed E-state index contributed by atoms with van der Waals surface area (Å²) in [5, 5.41) is 3.05. The maximum Gasteiger partial charge on any atom is 0.253 e. The van der Waals surface area contributed by atoms with Gasteiger partial charge in [0.15, 0.2) is 4.77 Å². The van der Waals surface area contributed by atoms with Crippen LogP contribution < -0.4 is 5.32 Å². The molecule has 1 amide bonds. The first-order valence-electron chi connectivity index (χ1n) is 7.99. The van der Waals surface area contributed by atoms with E-state index in [2.05, 4.69) is 15.3 Å².